The van der Waals surface area contributed by atoms with Gasteiger partial charge in [0.2, 0.25) is 0 Å². The van der Waals surface area contributed by atoms with Gasteiger partial charge in [-0.15, -0.1) is 0 Å². The van der Waals surface area contributed by atoms with E-state index < -0.39 is 5.41 Å². The van der Waals surface area contributed by atoms with E-state index in [9.17, 15) is 10.2 Å². The van der Waals surface area contributed by atoms with Crippen molar-refractivity contribution in [2.45, 2.75) is 5.41 Å². The molecule has 0 saturated heterocycles. The van der Waals surface area contributed by atoms with Gasteiger partial charge in [-0.2, -0.15) is 0 Å². The molecule has 0 fully saturated rings. The zero-order valence-electron chi connectivity index (χ0n) is 8.61. The molecule has 0 radical (unpaired) electrons. The van der Waals surface area contributed by atoms with E-state index in [2.05, 4.69) is 15.9 Å². The SMILES string of the molecule is COCC(CO)(CO)c1ccccc1Br. The summed E-state index contributed by atoms with van der Waals surface area (Å²) < 4.78 is 5.92. The van der Waals surface area contributed by atoms with E-state index in [1.54, 1.807) is 7.11 Å². The first-order valence-electron chi connectivity index (χ1n) is 4.66. The van der Waals surface area contributed by atoms with Gasteiger partial charge < -0.3 is 14.9 Å². The predicted octanol–water partition coefficient (Wildman–Crippen LogP) is 1.32. The van der Waals surface area contributed by atoms with E-state index in [1.807, 2.05) is 24.3 Å². The van der Waals surface area contributed by atoms with Gasteiger partial charge in [0.05, 0.1) is 25.2 Å². The molecule has 84 valence electrons. The van der Waals surface area contributed by atoms with Gasteiger partial charge in [0.25, 0.3) is 0 Å². The molecule has 0 aliphatic heterocycles. The lowest BCUT2D eigenvalue weighted by Crippen LogP contribution is -2.39. The van der Waals surface area contributed by atoms with Crippen LogP contribution in [0, 0.1) is 0 Å². The lowest BCUT2D eigenvalue weighted by atomic mass is 9.83. The second-order valence-corrected chi connectivity index (χ2v) is 4.36. The van der Waals surface area contributed by atoms with Gasteiger partial charge in [-0.25, -0.2) is 0 Å². The van der Waals surface area contributed by atoms with E-state index in [-0.39, 0.29) is 19.8 Å². The van der Waals surface area contributed by atoms with Gasteiger partial charge in [0.1, 0.15) is 0 Å². The van der Waals surface area contributed by atoms with Gasteiger partial charge in [0.15, 0.2) is 0 Å². The van der Waals surface area contributed by atoms with Crippen LogP contribution >= 0.6 is 15.9 Å². The molecule has 3 nitrogen and oxygen atoms in total. The molecule has 0 saturated carbocycles. The van der Waals surface area contributed by atoms with Crippen molar-refractivity contribution >= 4 is 15.9 Å². The van der Waals surface area contributed by atoms with Crippen LogP contribution in [0.1, 0.15) is 5.56 Å². The van der Waals surface area contributed by atoms with Crippen LogP contribution < -0.4 is 0 Å². The highest BCUT2D eigenvalue weighted by Crippen LogP contribution is 2.30. The summed E-state index contributed by atoms with van der Waals surface area (Å²) in [6.45, 7) is -0.0253. The zero-order valence-corrected chi connectivity index (χ0v) is 10.2. The summed E-state index contributed by atoms with van der Waals surface area (Å²) >= 11 is 3.41. The lowest BCUT2D eigenvalue weighted by molar-refractivity contribution is 0.0414. The van der Waals surface area contributed by atoms with E-state index in [4.69, 9.17) is 4.74 Å². The third-order valence-corrected chi connectivity index (χ3v) is 3.16. The number of aliphatic hydroxyl groups is 2. The van der Waals surface area contributed by atoms with Gasteiger partial charge in [-0.05, 0) is 11.6 Å². The lowest BCUT2D eigenvalue weighted by Gasteiger charge is -2.30. The minimum Gasteiger partial charge on any atom is -0.395 e. The van der Waals surface area contributed by atoms with E-state index in [1.165, 1.54) is 0 Å². The van der Waals surface area contributed by atoms with Gasteiger partial charge in [-0.3, -0.25) is 0 Å². The standard InChI is InChI=1S/C11H15BrO3/c1-15-8-11(6-13,7-14)9-4-2-3-5-10(9)12/h2-5,13-14H,6-8H2,1H3. The number of methoxy groups -OCH3 is 1. The molecule has 0 aliphatic rings. The van der Waals surface area contributed by atoms with Crippen LogP contribution in [0.5, 0.6) is 0 Å². The fraction of sp³-hybridized carbons (Fsp3) is 0.455. The molecule has 0 spiro atoms. The van der Waals surface area contributed by atoms with Crippen molar-refractivity contribution in [1.29, 1.82) is 0 Å². The summed E-state index contributed by atoms with van der Waals surface area (Å²) in [5.41, 5.74) is 0.117. The van der Waals surface area contributed by atoms with Crippen molar-refractivity contribution in [2.75, 3.05) is 26.9 Å². The zero-order chi connectivity index (χ0) is 11.3. The Balaban J connectivity index is 3.13. The molecule has 0 aromatic heterocycles. The average molecular weight is 275 g/mol. The highest BCUT2D eigenvalue weighted by atomic mass is 79.9. The van der Waals surface area contributed by atoms with Crippen LogP contribution in [0.15, 0.2) is 28.7 Å². The molecule has 15 heavy (non-hydrogen) atoms. The Bertz CT molecular complexity index is 310. The summed E-state index contributed by atoms with van der Waals surface area (Å²) in [6, 6.07) is 7.51. The monoisotopic (exact) mass is 274 g/mol. The fourth-order valence-corrected chi connectivity index (χ4v) is 2.26. The van der Waals surface area contributed by atoms with Crippen LogP contribution in [-0.2, 0) is 10.2 Å². The molecule has 0 aliphatic carbocycles. The number of hydrogen-bond donors (Lipinski definition) is 2. The van der Waals surface area contributed by atoms with Crippen molar-refractivity contribution in [3.63, 3.8) is 0 Å². The van der Waals surface area contributed by atoms with Crippen molar-refractivity contribution in [3.05, 3.63) is 34.3 Å². The Morgan fingerprint density at radius 3 is 2.33 bits per heavy atom. The summed E-state index contributed by atoms with van der Waals surface area (Å²) in [4.78, 5) is 0. The predicted molar refractivity (Wildman–Crippen MR) is 61.9 cm³/mol. The minimum absolute atomic E-state index is 0.153. The van der Waals surface area contributed by atoms with E-state index in [0.717, 1.165) is 10.0 Å². The molecule has 0 unspecified atom stereocenters. The maximum absolute atomic E-state index is 9.42. The topological polar surface area (TPSA) is 49.7 Å². The van der Waals surface area contributed by atoms with E-state index >= 15 is 0 Å². The van der Waals surface area contributed by atoms with Crippen LogP contribution in [-0.4, -0.2) is 37.1 Å². The van der Waals surface area contributed by atoms with Gasteiger partial charge >= 0.3 is 0 Å². The quantitative estimate of drug-likeness (QED) is 0.852. The molecular weight excluding hydrogens is 260 g/mol. The smallest absolute Gasteiger partial charge is 0.0659 e. The Morgan fingerprint density at radius 2 is 1.87 bits per heavy atom. The summed E-state index contributed by atoms with van der Waals surface area (Å²) in [6.07, 6.45) is 0. The summed E-state index contributed by atoms with van der Waals surface area (Å²) in [7, 11) is 1.55. The van der Waals surface area contributed by atoms with E-state index in [0.29, 0.717) is 0 Å². The largest absolute Gasteiger partial charge is 0.395 e. The van der Waals surface area contributed by atoms with Crippen LogP contribution in [0.25, 0.3) is 0 Å². The number of benzene rings is 1. The number of ether oxygens (including phenoxy) is 1. The Hall–Kier alpha value is -0.420. The van der Waals surface area contributed by atoms with Crippen molar-refractivity contribution in [1.82, 2.24) is 0 Å². The fourth-order valence-electron chi connectivity index (χ4n) is 1.56. The number of rotatable bonds is 5. The molecule has 1 rings (SSSR count). The van der Waals surface area contributed by atoms with Crippen LogP contribution in [0.4, 0.5) is 0 Å². The maximum atomic E-state index is 9.42. The highest BCUT2D eigenvalue weighted by Gasteiger charge is 2.32. The molecule has 0 amide bonds. The van der Waals surface area contributed by atoms with Gasteiger partial charge in [-0.1, -0.05) is 34.1 Å². The Kier molecular flexibility index (Phi) is 4.73. The molecule has 2 N–H and O–H groups in total. The molecule has 0 bridgehead atoms. The molecule has 1 aromatic carbocycles. The average Bonchev–Trinajstić information content (AvgIpc) is 2.27. The molecular formula is C11H15BrO3. The maximum Gasteiger partial charge on any atom is 0.0659 e. The summed E-state index contributed by atoms with van der Waals surface area (Å²) in [5, 5.41) is 18.8. The minimum atomic E-state index is -0.741. The molecule has 0 heterocycles. The number of aliphatic hydroxyl groups excluding tert-OH is 2. The van der Waals surface area contributed by atoms with Crippen molar-refractivity contribution < 1.29 is 14.9 Å². The first-order valence-corrected chi connectivity index (χ1v) is 5.45. The number of hydrogen-bond acceptors (Lipinski definition) is 3. The second-order valence-electron chi connectivity index (χ2n) is 3.51. The normalized spacial score (nSPS) is 11.7. The second kappa shape index (κ2) is 5.61. The number of halogens is 1. The Labute approximate surface area is 97.8 Å². The Morgan fingerprint density at radius 1 is 1.27 bits per heavy atom. The van der Waals surface area contributed by atoms with Crippen molar-refractivity contribution in [3.8, 4) is 0 Å². The summed E-state index contributed by atoms with van der Waals surface area (Å²) in [5.74, 6) is 0. The van der Waals surface area contributed by atoms with Crippen LogP contribution in [0.2, 0.25) is 0 Å². The van der Waals surface area contributed by atoms with Gasteiger partial charge in [0, 0.05) is 11.6 Å². The molecule has 0 atom stereocenters. The molecule has 1 aromatic rings. The third-order valence-electron chi connectivity index (χ3n) is 2.47. The van der Waals surface area contributed by atoms with Crippen molar-refractivity contribution in [2.24, 2.45) is 0 Å². The molecule has 4 heteroatoms. The third kappa shape index (κ3) is 2.58. The highest BCUT2D eigenvalue weighted by molar-refractivity contribution is 9.10. The van der Waals surface area contributed by atoms with Crippen LogP contribution in [0.3, 0.4) is 0 Å². The first kappa shape index (κ1) is 12.6. The first-order chi connectivity index (χ1) is 7.20.